The molecule has 1 heterocycles. The number of ether oxygens (including phenoxy) is 1. The molecule has 0 spiro atoms. The van der Waals surface area contributed by atoms with Gasteiger partial charge in [0.25, 0.3) is 5.91 Å². The van der Waals surface area contributed by atoms with E-state index in [0.717, 1.165) is 0 Å². The van der Waals surface area contributed by atoms with Crippen molar-refractivity contribution in [3.8, 4) is 0 Å². The van der Waals surface area contributed by atoms with Crippen molar-refractivity contribution in [2.75, 3.05) is 19.1 Å². The molecule has 14 heavy (non-hydrogen) atoms. The second-order valence-electron chi connectivity index (χ2n) is 2.95. The number of hydrogen-bond acceptors (Lipinski definition) is 3. The van der Waals surface area contributed by atoms with Crippen LogP contribution in [0.1, 0.15) is 6.42 Å². The minimum Gasteiger partial charge on any atom is -0.385 e. The Kier molecular flexibility index (Phi) is 4.15. The van der Waals surface area contributed by atoms with E-state index >= 15 is 0 Å². The van der Waals surface area contributed by atoms with Gasteiger partial charge in [0.05, 0.1) is 6.04 Å². The van der Waals surface area contributed by atoms with Gasteiger partial charge in [0.2, 0.25) is 0 Å². The van der Waals surface area contributed by atoms with Crippen molar-refractivity contribution in [3.05, 3.63) is 24.5 Å². The fourth-order valence-electron chi connectivity index (χ4n) is 0.995. The maximum atomic E-state index is 11.4. The zero-order chi connectivity index (χ0) is 10.4. The van der Waals surface area contributed by atoms with Crippen LogP contribution in [-0.2, 0) is 9.53 Å². The Balaban J connectivity index is 2.34. The largest absolute Gasteiger partial charge is 0.385 e. The van der Waals surface area contributed by atoms with Crippen molar-refractivity contribution in [2.45, 2.75) is 12.5 Å². The molecule has 3 N–H and O–H groups in total. The highest BCUT2D eigenvalue weighted by Gasteiger charge is 2.12. The fourth-order valence-corrected chi connectivity index (χ4v) is 0.995. The first kappa shape index (κ1) is 10.7. The third-order valence-electron chi connectivity index (χ3n) is 1.81. The van der Waals surface area contributed by atoms with Crippen LogP contribution < -0.4 is 11.2 Å². The van der Waals surface area contributed by atoms with Crippen LogP contribution in [0, 0.1) is 0 Å². The molecular weight excluding hydrogens is 182 g/mol. The van der Waals surface area contributed by atoms with E-state index in [4.69, 9.17) is 10.5 Å². The number of aromatic nitrogens is 1. The minimum atomic E-state index is -0.530. The van der Waals surface area contributed by atoms with E-state index in [1.807, 2.05) is 12.1 Å². The molecule has 0 aliphatic carbocycles. The third kappa shape index (κ3) is 3.20. The third-order valence-corrected chi connectivity index (χ3v) is 1.81. The summed E-state index contributed by atoms with van der Waals surface area (Å²) in [4.78, 5) is 11.4. The van der Waals surface area contributed by atoms with Crippen LogP contribution >= 0.6 is 0 Å². The summed E-state index contributed by atoms with van der Waals surface area (Å²) in [6.45, 7) is 0.486. The molecule has 1 aromatic heterocycles. The lowest BCUT2D eigenvalue weighted by atomic mass is 10.2. The molecule has 5 heteroatoms. The second-order valence-corrected chi connectivity index (χ2v) is 2.95. The summed E-state index contributed by atoms with van der Waals surface area (Å²) in [5, 5.41) is 0. The van der Waals surface area contributed by atoms with Gasteiger partial charge in [0, 0.05) is 26.1 Å². The lowest BCUT2D eigenvalue weighted by Gasteiger charge is -2.11. The predicted molar refractivity (Wildman–Crippen MR) is 53.3 cm³/mol. The summed E-state index contributed by atoms with van der Waals surface area (Å²) >= 11 is 0. The van der Waals surface area contributed by atoms with E-state index in [1.54, 1.807) is 24.2 Å². The molecule has 0 aliphatic heterocycles. The van der Waals surface area contributed by atoms with Crippen molar-refractivity contribution >= 4 is 5.91 Å². The smallest absolute Gasteiger partial charge is 0.255 e. The van der Waals surface area contributed by atoms with Gasteiger partial charge < -0.3 is 10.5 Å². The SMILES string of the molecule is COCCC(N)C(=O)Nn1cccc1. The quantitative estimate of drug-likeness (QED) is 0.693. The van der Waals surface area contributed by atoms with Gasteiger partial charge in [-0.15, -0.1) is 0 Å². The minimum absolute atomic E-state index is 0.210. The molecule has 1 atom stereocenters. The van der Waals surface area contributed by atoms with Crippen molar-refractivity contribution in [1.82, 2.24) is 4.68 Å². The number of hydrogen-bond donors (Lipinski definition) is 2. The maximum absolute atomic E-state index is 11.4. The molecular formula is C9H15N3O2. The summed E-state index contributed by atoms with van der Waals surface area (Å²) in [6.07, 6.45) is 3.99. The van der Waals surface area contributed by atoms with E-state index in [-0.39, 0.29) is 5.91 Å². The second kappa shape index (κ2) is 5.41. The Morgan fingerprint density at radius 3 is 2.79 bits per heavy atom. The van der Waals surface area contributed by atoms with Gasteiger partial charge >= 0.3 is 0 Å². The Morgan fingerprint density at radius 1 is 1.57 bits per heavy atom. The highest BCUT2D eigenvalue weighted by molar-refractivity contribution is 5.88. The van der Waals surface area contributed by atoms with Gasteiger partial charge in [-0.25, -0.2) is 0 Å². The number of nitrogens with one attached hydrogen (secondary N) is 1. The van der Waals surface area contributed by atoms with E-state index in [9.17, 15) is 4.79 Å². The number of methoxy groups -OCH3 is 1. The number of rotatable bonds is 5. The van der Waals surface area contributed by atoms with Crippen LogP contribution in [-0.4, -0.2) is 30.3 Å². The number of nitrogens with two attached hydrogens (primary N) is 1. The highest BCUT2D eigenvalue weighted by Crippen LogP contribution is 1.91. The molecule has 78 valence electrons. The fraction of sp³-hybridized carbons (Fsp3) is 0.444. The molecule has 1 aromatic rings. The Morgan fingerprint density at radius 2 is 2.21 bits per heavy atom. The molecule has 0 bridgehead atoms. The predicted octanol–water partition coefficient (Wildman–Crippen LogP) is -0.0780. The first-order chi connectivity index (χ1) is 6.74. The van der Waals surface area contributed by atoms with E-state index in [0.29, 0.717) is 13.0 Å². The summed E-state index contributed by atoms with van der Waals surface area (Å²) in [6, 6.07) is 3.11. The molecule has 0 saturated carbocycles. The number of amides is 1. The van der Waals surface area contributed by atoms with Crippen molar-refractivity contribution in [1.29, 1.82) is 0 Å². The summed E-state index contributed by atoms with van der Waals surface area (Å²) in [5.74, 6) is -0.210. The Bertz CT molecular complexity index is 272. The first-order valence-electron chi connectivity index (χ1n) is 4.42. The van der Waals surface area contributed by atoms with Gasteiger partial charge in [0.1, 0.15) is 0 Å². The van der Waals surface area contributed by atoms with Crippen LogP contribution in [0.4, 0.5) is 0 Å². The van der Waals surface area contributed by atoms with Crippen molar-refractivity contribution < 1.29 is 9.53 Å². The first-order valence-corrected chi connectivity index (χ1v) is 4.42. The lowest BCUT2D eigenvalue weighted by molar-refractivity contribution is -0.118. The maximum Gasteiger partial charge on any atom is 0.255 e. The molecule has 0 aliphatic rings. The topological polar surface area (TPSA) is 69.3 Å². The summed E-state index contributed by atoms with van der Waals surface area (Å²) in [7, 11) is 1.58. The average molecular weight is 197 g/mol. The number of carbonyl (C=O) groups is 1. The molecule has 1 amide bonds. The standard InChI is InChI=1S/C9H15N3O2/c1-14-7-4-8(10)9(13)11-12-5-2-3-6-12/h2-3,5-6,8H,4,7,10H2,1H3,(H,11,13). The molecule has 1 rings (SSSR count). The van der Waals surface area contributed by atoms with Gasteiger partial charge in [0.15, 0.2) is 0 Å². The zero-order valence-electron chi connectivity index (χ0n) is 8.14. The average Bonchev–Trinajstić information content (AvgIpc) is 2.66. The van der Waals surface area contributed by atoms with Gasteiger partial charge in [-0.3, -0.25) is 14.9 Å². The van der Waals surface area contributed by atoms with Crippen LogP contribution in [0.15, 0.2) is 24.5 Å². The molecule has 0 aromatic carbocycles. The summed E-state index contributed by atoms with van der Waals surface area (Å²) < 4.78 is 6.40. The van der Waals surface area contributed by atoms with Crippen molar-refractivity contribution in [3.63, 3.8) is 0 Å². The van der Waals surface area contributed by atoms with Gasteiger partial charge in [-0.2, -0.15) is 0 Å². The van der Waals surface area contributed by atoms with Crippen LogP contribution in [0.5, 0.6) is 0 Å². The van der Waals surface area contributed by atoms with Gasteiger partial charge in [-0.05, 0) is 18.6 Å². The molecule has 1 unspecified atom stereocenters. The molecule has 5 nitrogen and oxygen atoms in total. The van der Waals surface area contributed by atoms with Crippen LogP contribution in [0.2, 0.25) is 0 Å². The zero-order valence-corrected chi connectivity index (χ0v) is 8.14. The summed E-state index contributed by atoms with van der Waals surface area (Å²) in [5.41, 5.74) is 8.24. The molecule has 0 fully saturated rings. The van der Waals surface area contributed by atoms with Crippen LogP contribution in [0.25, 0.3) is 0 Å². The Labute approximate surface area is 82.8 Å². The number of nitrogens with zero attached hydrogens (tertiary/aromatic N) is 1. The Hall–Kier alpha value is -1.33. The highest BCUT2D eigenvalue weighted by atomic mass is 16.5. The van der Waals surface area contributed by atoms with Crippen LogP contribution in [0.3, 0.4) is 0 Å². The van der Waals surface area contributed by atoms with E-state index in [2.05, 4.69) is 5.43 Å². The van der Waals surface area contributed by atoms with E-state index in [1.165, 1.54) is 0 Å². The molecule has 0 saturated heterocycles. The van der Waals surface area contributed by atoms with E-state index < -0.39 is 6.04 Å². The normalized spacial score (nSPS) is 12.4. The molecule has 0 radical (unpaired) electrons. The van der Waals surface area contributed by atoms with Crippen molar-refractivity contribution in [2.24, 2.45) is 5.73 Å². The number of carbonyl (C=O) groups excluding carboxylic acids is 1. The van der Waals surface area contributed by atoms with Gasteiger partial charge in [-0.1, -0.05) is 0 Å². The lowest BCUT2D eigenvalue weighted by Crippen LogP contribution is -2.39. The monoisotopic (exact) mass is 197 g/mol.